The van der Waals surface area contributed by atoms with Crippen molar-refractivity contribution in [1.82, 2.24) is 0 Å². The molecule has 0 heterocycles. The molecule has 3 aromatic carbocycles. The second-order valence-corrected chi connectivity index (χ2v) is 6.33. The van der Waals surface area contributed by atoms with Gasteiger partial charge in [0.1, 0.15) is 0 Å². The molecular formula is C24H26. The average Bonchev–Trinajstić information content (AvgIpc) is 2.67. The lowest BCUT2D eigenvalue weighted by atomic mass is 9.93. The quantitative estimate of drug-likeness (QED) is 0.491. The van der Waals surface area contributed by atoms with Crippen LogP contribution in [0.1, 0.15) is 37.5 Å². The summed E-state index contributed by atoms with van der Waals surface area (Å²) in [5, 5.41) is 0. The van der Waals surface area contributed by atoms with Crippen LogP contribution in [-0.2, 0) is 19.3 Å². The molecule has 122 valence electrons. The minimum absolute atomic E-state index is 1.05. The predicted octanol–water partition coefficient (Wildman–Crippen LogP) is 6.71. The Kier molecular flexibility index (Phi) is 5.15. The van der Waals surface area contributed by atoms with Crippen LogP contribution in [0.5, 0.6) is 0 Å². The Bertz CT molecular complexity index is 792. The fourth-order valence-corrected chi connectivity index (χ4v) is 3.20. The monoisotopic (exact) mass is 314 g/mol. The summed E-state index contributed by atoms with van der Waals surface area (Å²) in [6.45, 7) is 6.64. The topological polar surface area (TPSA) is 0 Å². The molecule has 0 fully saturated rings. The zero-order valence-electron chi connectivity index (χ0n) is 15.0. The van der Waals surface area contributed by atoms with E-state index < -0.39 is 0 Å². The number of rotatable bonds is 5. The summed E-state index contributed by atoms with van der Waals surface area (Å²) in [4.78, 5) is 0. The lowest BCUT2D eigenvalue weighted by molar-refractivity contribution is 1.13. The van der Waals surface area contributed by atoms with E-state index in [1.165, 1.54) is 38.9 Å². The highest BCUT2D eigenvalue weighted by Crippen LogP contribution is 2.30. The summed E-state index contributed by atoms with van der Waals surface area (Å²) in [5.41, 5.74) is 9.48. The van der Waals surface area contributed by atoms with Gasteiger partial charge in [0.05, 0.1) is 0 Å². The lowest BCUT2D eigenvalue weighted by Gasteiger charge is -2.12. The van der Waals surface area contributed by atoms with Crippen LogP contribution in [-0.4, -0.2) is 0 Å². The minimum atomic E-state index is 1.05. The molecule has 0 unspecified atom stereocenters. The van der Waals surface area contributed by atoms with Crippen molar-refractivity contribution in [2.24, 2.45) is 0 Å². The van der Waals surface area contributed by atoms with E-state index in [4.69, 9.17) is 0 Å². The van der Waals surface area contributed by atoms with Crippen molar-refractivity contribution in [3.63, 3.8) is 0 Å². The molecule has 0 N–H and O–H groups in total. The fraction of sp³-hybridized carbons (Fsp3) is 0.250. The van der Waals surface area contributed by atoms with Crippen molar-refractivity contribution in [3.8, 4) is 22.3 Å². The second kappa shape index (κ2) is 7.49. The maximum atomic E-state index is 2.35. The van der Waals surface area contributed by atoms with Gasteiger partial charge in [0.25, 0.3) is 0 Å². The molecule has 0 atom stereocenters. The van der Waals surface area contributed by atoms with Crippen molar-refractivity contribution < 1.29 is 0 Å². The van der Waals surface area contributed by atoms with Gasteiger partial charge in [0.2, 0.25) is 0 Å². The first kappa shape index (κ1) is 16.5. The normalized spacial score (nSPS) is 10.8. The Balaban J connectivity index is 1.97. The third-order valence-corrected chi connectivity index (χ3v) is 4.85. The number of hydrogen-bond donors (Lipinski definition) is 0. The third kappa shape index (κ3) is 3.43. The molecular weight excluding hydrogens is 288 g/mol. The summed E-state index contributed by atoms with van der Waals surface area (Å²) < 4.78 is 0. The van der Waals surface area contributed by atoms with E-state index in [1.54, 1.807) is 0 Å². The van der Waals surface area contributed by atoms with Crippen LogP contribution in [0.15, 0.2) is 66.7 Å². The molecule has 0 nitrogen and oxygen atoms in total. The summed E-state index contributed by atoms with van der Waals surface area (Å²) in [7, 11) is 0. The minimum Gasteiger partial charge on any atom is -0.0613 e. The highest BCUT2D eigenvalue weighted by atomic mass is 14.1. The Morgan fingerprint density at radius 2 is 1.00 bits per heavy atom. The molecule has 24 heavy (non-hydrogen) atoms. The largest absolute Gasteiger partial charge is 0.0613 e. The Labute approximate surface area is 146 Å². The average molecular weight is 314 g/mol. The van der Waals surface area contributed by atoms with Gasteiger partial charge in [-0.05, 0) is 58.2 Å². The van der Waals surface area contributed by atoms with Crippen molar-refractivity contribution in [1.29, 1.82) is 0 Å². The van der Waals surface area contributed by atoms with Crippen LogP contribution < -0.4 is 0 Å². The second-order valence-electron chi connectivity index (χ2n) is 6.33. The van der Waals surface area contributed by atoms with E-state index in [2.05, 4.69) is 87.5 Å². The van der Waals surface area contributed by atoms with E-state index in [-0.39, 0.29) is 0 Å². The summed E-state index contributed by atoms with van der Waals surface area (Å²) >= 11 is 0. The Hall–Kier alpha value is -2.34. The van der Waals surface area contributed by atoms with Gasteiger partial charge in [-0.2, -0.15) is 0 Å². The van der Waals surface area contributed by atoms with Gasteiger partial charge in [-0.15, -0.1) is 0 Å². The van der Waals surface area contributed by atoms with Gasteiger partial charge in [0.15, 0.2) is 0 Å². The van der Waals surface area contributed by atoms with E-state index in [1.807, 2.05) is 0 Å². The van der Waals surface area contributed by atoms with Gasteiger partial charge in [-0.25, -0.2) is 0 Å². The van der Waals surface area contributed by atoms with Crippen LogP contribution >= 0.6 is 0 Å². The molecule has 0 heteroatoms. The van der Waals surface area contributed by atoms with Crippen molar-refractivity contribution in [2.75, 3.05) is 0 Å². The first-order valence-corrected chi connectivity index (χ1v) is 9.06. The van der Waals surface area contributed by atoms with Gasteiger partial charge in [-0.3, -0.25) is 0 Å². The van der Waals surface area contributed by atoms with E-state index in [0.29, 0.717) is 0 Å². The standard InChI is InChI=1S/C24H26/c1-4-18-7-11-21(12-8-18)23-15-16-24(20(6-3)17-23)22-13-9-19(5-2)10-14-22/h7-17H,4-6H2,1-3H3. The van der Waals surface area contributed by atoms with E-state index in [0.717, 1.165) is 19.3 Å². The Morgan fingerprint density at radius 1 is 0.500 bits per heavy atom. The molecule has 3 rings (SSSR count). The molecule has 0 amide bonds. The zero-order valence-corrected chi connectivity index (χ0v) is 15.0. The van der Waals surface area contributed by atoms with E-state index in [9.17, 15) is 0 Å². The van der Waals surface area contributed by atoms with Crippen molar-refractivity contribution in [3.05, 3.63) is 83.4 Å². The number of aryl methyl sites for hydroxylation is 3. The zero-order chi connectivity index (χ0) is 16.9. The first-order chi connectivity index (χ1) is 11.7. The number of hydrogen-bond acceptors (Lipinski definition) is 0. The van der Waals surface area contributed by atoms with Gasteiger partial charge >= 0.3 is 0 Å². The molecule has 0 bridgehead atoms. The summed E-state index contributed by atoms with van der Waals surface area (Å²) in [6, 6.07) is 24.8. The number of benzene rings is 3. The van der Waals surface area contributed by atoms with Crippen LogP contribution in [0.25, 0.3) is 22.3 Å². The molecule has 0 aliphatic rings. The van der Waals surface area contributed by atoms with Crippen molar-refractivity contribution >= 4 is 0 Å². The van der Waals surface area contributed by atoms with Crippen LogP contribution in [0.2, 0.25) is 0 Å². The Morgan fingerprint density at radius 3 is 1.50 bits per heavy atom. The third-order valence-electron chi connectivity index (χ3n) is 4.85. The van der Waals surface area contributed by atoms with Gasteiger partial charge < -0.3 is 0 Å². The molecule has 3 aromatic rings. The molecule has 0 aliphatic carbocycles. The molecule has 0 saturated heterocycles. The first-order valence-electron chi connectivity index (χ1n) is 9.06. The fourth-order valence-electron chi connectivity index (χ4n) is 3.20. The highest BCUT2D eigenvalue weighted by Gasteiger charge is 2.07. The molecule has 0 aromatic heterocycles. The molecule has 0 saturated carbocycles. The lowest BCUT2D eigenvalue weighted by Crippen LogP contribution is -1.90. The molecule has 0 aliphatic heterocycles. The smallest absolute Gasteiger partial charge is 0.0152 e. The van der Waals surface area contributed by atoms with Crippen molar-refractivity contribution in [2.45, 2.75) is 40.0 Å². The van der Waals surface area contributed by atoms with E-state index >= 15 is 0 Å². The van der Waals surface area contributed by atoms with Crippen LogP contribution in [0.4, 0.5) is 0 Å². The highest BCUT2D eigenvalue weighted by molar-refractivity contribution is 5.74. The molecule has 0 spiro atoms. The predicted molar refractivity (Wildman–Crippen MR) is 105 cm³/mol. The van der Waals surface area contributed by atoms with Crippen LogP contribution in [0, 0.1) is 0 Å². The van der Waals surface area contributed by atoms with Crippen LogP contribution in [0.3, 0.4) is 0 Å². The SMILES string of the molecule is CCc1ccc(-c2ccc(-c3ccc(CC)cc3)c(CC)c2)cc1. The maximum Gasteiger partial charge on any atom is -0.0152 e. The summed E-state index contributed by atoms with van der Waals surface area (Å²) in [6.07, 6.45) is 3.23. The maximum absolute atomic E-state index is 2.35. The molecule has 0 radical (unpaired) electrons. The van der Waals surface area contributed by atoms with Gasteiger partial charge in [-0.1, -0.05) is 87.5 Å². The van der Waals surface area contributed by atoms with Gasteiger partial charge in [0, 0.05) is 0 Å². The summed E-state index contributed by atoms with van der Waals surface area (Å²) in [5.74, 6) is 0.